The number of unbranched alkanes of at least 4 members (excludes halogenated alkanes) is 2. The van der Waals surface area contributed by atoms with Gasteiger partial charge in [-0.05, 0) is 39.5 Å². The molecule has 6 rings (SSSR count). The Labute approximate surface area is 395 Å². The van der Waals surface area contributed by atoms with Crippen LogP contribution in [0.25, 0.3) is 0 Å². The monoisotopic (exact) mass is 990 g/mol. The third kappa shape index (κ3) is 24.5. The smallest absolute Gasteiger partial charge is 0.348 e. The van der Waals surface area contributed by atoms with Crippen LogP contribution in [-0.2, 0) is 124 Å². The SMILES string of the molecule is CC(=O)CC1OC(=O)COC1=O.CC(=O)CCC1OC(=O)COC1=O.CC(C)C1OC(=O)COC1=O.CCC1OC(=O)COC1=O.CCC1OC(=O)COC1=O.CCCCCC1OC(=O)COC1=O. The van der Waals surface area contributed by atoms with Gasteiger partial charge in [-0.15, -0.1) is 0 Å². The highest BCUT2D eigenvalue weighted by atomic mass is 16.7. The Morgan fingerprint density at radius 1 is 0.420 bits per heavy atom. The van der Waals surface area contributed by atoms with E-state index in [0.29, 0.717) is 19.3 Å². The fraction of sp³-hybridized carbons (Fsp3) is 0.674. The van der Waals surface area contributed by atoms with E-state index in [2.05, 4.69) is 54.3 Å². The second kappa shape index (κ2) is 31.9. The fourth-order valence-electron chi connectivity index (χ4n) is 5.32. The van der Waals surface area contributed by atoms with E-state index < -0.39 is 108 Å². The molecule has 0 aromatic rings. The molecule has 0 N–H and O–H groups in total. The van der Waals surface area contributed by atoms with Crippen LogP contribution in [0.3, 0.4) is 0 Å². The van der Waals surface area contributed by atoms with E-state index in [1.807, 2.05) is 0 Å². The molecule has 26 heteroatoms. The lowest BCUT2D eigenvalue weighted by molar-refractivity contribution is -0.187. The summed E-state index contributed by atoms with van der Waals surface area (Å²) >= 11 is 0. The van der Waals surface area contributed by atoms with Gasteiger partial charge in [0.05, 0.1) is 6.42 Å². The fourth-order valence-corrected chi connectivity index (χ4v) is 5.32. The molecule has 6 atom stereocenters. The van der Waals surface area contributed by atoms with Crippen molar-refractivity contribution in [3.8, 4) is 0 Å². The molecule has 386 valence electrons. The van der Waals surface area contributed by atoms with Crippen LogP contribution in [0.4, 0.5) is 0 Å². The summed E-state index contributed by atoms with van der Waals surface area (Å²) in [5.41, 5.74) is 0. The van der Waals surface area contributed by atoms with E-state index in [-0.39, 0.29) is 76.4 Å². The van der Waals surface area contributed by atoms with E-state index in [9.17, 15) is 67.1 Å². The minimum absolute atomic E-state index is 0.0215. The highest BCUT2D eigenvalue weighted by molar-refractivity contribution is 5.90. The second-order valence-electron chi connectivity index (χ2n) is 15.2. The van der Waals surface area contributed by atoms with Crippen molar-refractivity contribution < 1.29 is 124 Å². The van der Waals surface area contributed by atoms with Crippen LogP contribution < -0.4 is 0 Å². The lowest BCUT2D eigenvalue weighted by atomic mass is 10.1. The predicted octanol–water partition coefficient (Wildman–Crippen LogP) is 0.135. The number of hydrogen-bond donors (Lipinski definition) is 0. The molecule has 0 amide bonds. The van der Waals surface area contributed by atoms with Crippen molar-refractivity contribution in [2.45, 2.75) is 143 Å². The van der Waals surface area contributed by atoms with E-state index in [1.165, 1.54) is 13.8 Å². The van der Waals surface area contributed by atoms with E-state index >= 15 is 0 Å². The van der Waals surface area contributed by atoms with Crippen molar-refractivity contribution in [2.75, 3.05) is 39.6 Å². The van der Waals surface area contributed by atoms with Crippen molar-refractivity contribution in [3.63, 3.8) is 0 Å². The maximum atomic E-state index is 11.0. The molecule has 0 radical (unpaired) electrons. The van der Waals surface area contributed by atoms with Gasteiger partial charge in [-0.3, -0.25) is 4.79 Å². The van der Waals surface area contributed by atoms with Crippen LogP contribution in [-0.4, -0.2) is 159 Å². The van der Waals surface area contributed by atoms with E-state index in [4.69, 9.17) is 9.47 Å². The molecule has 0 saturated carbocycles. The average molecular weight is 991 g/mol. The Hall–Kier alpha value is -7.02. The van der Waals surface area contributed by atoms with Gasteiger partial charge in [0.1, 0.15) is 11.6 Å². The molecule has 6 saturated heterocycles. The summed E-state index contributed by atoms with van der Waals surface area (Å²) in [6.07, 6.45) is 0.200. The Morgan fingerprint density at radius 2 is 0.739 bits per heavy atom. The molecule has 6 aliphatic rings. The molecule has 0 aromatic heterocycles. The summed E-state index contributed by atoms with van der Waals surface area (Å²) in [6, 6.07) is 0. The zero-order valence-electron chi connectivity index (χ0n) is 39.3. The van der Waals surface area contributed by atoms with Crippen LogP contribution in [0.5, 0.6) is 0 Å². The minimum atomic E-state index is -1.04. The van der Waals surface area contributed by atoms with Crippen molar-refractivity contribution in [1.82, 2.24) is 0 Å². The summed E-state index contributed by atoms with van der Waals surface area (Å²) < 4.78 is 55.2. The van der Waals surface area contributed by atoms with E-state index in [1.54, 1.807) is 27.7 Å². The maximum Gasteiger partial charge on any atom is 0.348 e. The molecule has 0 spiro atoms. The first-order valence-corrected chi connectivity index (χ1v) is 21.7. The van der Waals surface area contributed by atoms with Gasteiger partial charge >= 0.3 is 71.6 Å². The summed E-state index contributed by atoms with van der Waals surface area (Å²) in [6.45, 7) is 10.3. The minimum Gasteiger partial charge on any atom is -0.451 e. The molecule has 6 fully saturated rings. The van der Waals surface area contributed by atoms with Crippen molar-refractivity contribution in [2.24, 2.45) is 5.92 Å². The first-order valence-electron chi connectivity index (χ1n) is 21.7. The summed E-state index contributed by atoms with van der Waals surface area (Å²) in [5.74, 6) is -6.26. The number of Topliss-reactive ketones (excluding diaryl/α,β-unsaturated/α-hetero) is 2. The van der Waals surface area contributed by atoms with Crippen molar-refractivity contribution in [3.05, 3.63) is 0 Å². The molecular formula is C43H58O26. The van der Waals surface area contributed by atoms with Gasteiger partial charge in [0, 0.05) is 18.8 Å². The van der Waals surface area contributed by atoms with Gasteiger partial charge in [-0.2, -0.15) is 0 Å². The summed E-state index contributed by atoms with van der Waals surface area (Å²) in [4.78, 5) is 150. The predicted molar refractivity (Wildman–Crippen MR) is 220 cm³/mol. The van der Waals surface area contributed by atoms with Gasteiger partial charge in [0.2, 0.25) is 12.2 Å². The molecule has 6 aliphatic heterocycles. The number of carbonyl (C=O) groups excluding carboxylic acids is 14. The molecule has 0 aromatic carbocycles. The average Bonchev–Trinajstić information content (AvgIpc) is 3.29. The molecule has 6 unspecified atom stereocenters. The molecule has 26 nitrogen and oxygen atoms in total. The van der Waals surface area contributed by atoms with Gasteiger partial charge in [0.15, 0.2) is 64.1 Å². The number of carbonyl (C=O) groups is 14. The van der Waals surface area contributed by atoms with Crippen LogP contribution in [0.1, 0.15) is 106 Å². The van der Waals surface area contributed by atoms with Crippen LogP contribution in [0.15, 0.2) is 0 Å². The lowest BCUT2D eigenvalue weighted by Gasteiger charge is -2.23. The Morgan fingerprint density at radius 3 is 1.06 bits per heavy atom. The first-order chi connectivity index (χ1) is 32.5. The molecule has 0 bridgehead atoms. The largest absolute Gasteiger partial charge is 0.451 e. The standard InChI is InChI=1S/C9H14O4.C8H10O5.C7H8O5.C7H10O4.2C6H8O4/c1-2-3-4-5-7-9(11)12-6-8(10)13-7;1-5(9)2-3-6-8(11)12-4-7(10)13-6;1-4(8)2-5-7(10)11-3-6(9)12-5;1-4(2)6-7(9)10-3-5(8)11-6;2*1-2-4-6(8)9-3-5(7)10-4/h7H,2-6H2,1H3;6H,2-4H2,1H3;5H,2-3H2,1H3;4,6H,3H2,1-2H3;2*4H,2-3H2,1H3. The number of rotatable bonds is 12. The van der Waals surface area contributed by atoms with Crippen LogP contribution in [0, 0.1) is 5.92 Å². The maximum absolute atomic E-state index is 11.0. The normalized spacial score (nSPS) is 23.7. The molecule has 69 heavy (non-hydrogen) atoms. The van der Waals surface area contributed by atoms with Crippen LogP contribution >= 0.6 is 0 Å². The van der Waals surface area contributed by atoms with Gasteiger partial charge in [-0.1, -0.05) is 47.5 Å². The highest BCUT2D eigenvalue weighted by Gasteiger charge is 2.34. The topological polar surface area (TPSA) is 350 Å². The van der Waals surface area contributed by atoms with Crippen LogP contribution in [0.2, 0.25) is 0 Å². The zero-order chi connectivity index (χ0) is 52.2. The third-order valence-electron chi connectivity index (χ3n) is 8.82. The summed E-state index contributed by atoms with van der Waals surface area (Å²) in [7, 11) is 0. The number of cyclic esters (lactones) is 12. The zero-order valence-corrected chi connectivity index (χ0v) is 39.3. The third-order valence-corrected chi connectivity index (χ3v) is 8.82. The molecule has 0 aliphatic carbocycles. The number of esters is 12. The molecule has 6 heterocycles. The number of hydrogen-bond acceptors (Lipinski definition) is 26. The van der Waals surface area contributed by atoms with E-state index in [0.717, 1.165) is 19.3 Å². The molecular weight excluding hydrogens is 932 g/mol. The van der Waals surface area contributed by atoms with Gasteiger partial charge < -0.3 is 61.6 Å². The first kappa shape index (κ1) is 60.0. The highest BCUT2D eigenvalue weighted by Crippen LogP contribution is 2.15. The van der Waals surface area contributed by atoms with Gasteiger partial charge in [0.25, 0.3) is 0 Å². The van der Waals surface area contributed by atoms with Gasteiger partial charge in [-0.25, -0.2) is 57.5 Å². The Kier molecular flexibility index (Phi) is 27.7. The Balaban J connectivity index is 0.000000415. The second-order valence-corrected chi connectivity index (χ2v) is 15.2. The quantitative estimate of drug-likeness (QED) is 0.142. The Bertz CT molecular complexity index is 1830. The number of ether oxygens (including phenoxy) is 12. The summed E-state index contributed by atoms with van der Waals surface area (Å²) in [5, 5.41) is 0. The lowest BCUT2D eigenvalue weighted by Crippen LogP contribution is -2.40. The number of ketones is 2. The van der Waals surface area contributed by atoms with Crippen molar-refractivity contribution >= 4 is 83.2 Å². The van der Waals surface area contributed by atoms with Crippen molar-refractivity contribution in [1.29, 1.82) is 0 Å².